The molecule has 2 aromatic rings. The second-order valence-corrected chi connectivity index (χ2v) is 8.38. The third kappa shape index (κ3) is 5.17. The molecule has 0 aromatic heterocycles. The molecule has 0 spiro atoms. The summed E-state index contributed by atoms with van der Waals surface area (Å²) in [5.41, 5.74) is 0.364. The molecule has 1 atom stereocenters. The minimum atomic E-state index is -3.54. The van der Waals surface area contributed by atoms with Crippen LogP contribution in [-0.2, 0) is 14.6 Å². The Morgan fingerprint density at radius 1 is 1.16 bits per heavy atom. The monoisotopic (exact) mass is 403 g/mol. The second-order valence-electron chi connectivity index (χ2n) is 5.46. The van der Waals surface area contributed by atoms with Gasteiger partial charge in [-0.2, -0.15) is 0 Å². The van der Waals surface area contributed by atoms with Crippen molar-refractivity contribution < 1.29 is 17.6 Å². The zero-order valence-corrected chi connectivity index (χ0v) is 15.6. The largest absolute Gasteiger partial charge is 0.349 e. The molecule has 1 amide bonds. The van der Waals surface area contributed by atoms with Gasteiger partial charge in [0.15, 0.2) is 9.84 Å². The molecule has 0 aliphatic heterocycles. The van der Waals surface area contributed by atoms with E-state index in [1.165, 1.54) is 18.2 Å². The van der Waals surface area contributed by atoms with Crippen molar-refractivity contribution in [2.75, 3.05) is 5.75 Å². The highest BCUT2D eigenvalue weighted by atomic mass is 35.5. The number of hydrogen-bond donors (Lipinski definition) is 1. The van der Waals surface area contributed by atoms with Gasteiger partial charge in [-0.3, -0.25) is 4.79 Å². The molecular weight excluding hydrogens is 388 g/mol. The van der Waals surface area contributed by atoms with E-state index in [4.69, 9.17) is 23.2 Å². The van der Waals surface area contributed by atoms with Crippen LogP contribution in [0.1, 0.15) is 24.9 Å². The first-order valence-electron chi connectivity index (χ1n) is 7.42. The van der Waals surface area contributed by atoms with Gasteiger partial charge < -0.3 is 5.32 Å². The van der Waals surface area contributed by atoms with E-state index >= 15 is 0 Å². The minimum absolute atomic E-state index is 0.110. The molecule has 134 valence electrons. The number of rotatable bonds is 6. The number of nitrogens with one attached hydrogen (secondary N) is 1. The lowest BCUT2D eigenvalue weighted by atomic mass is 10.1. The smallest absolute Gasteiger partial charge is 0.221 e. The van der Waals surface area contributed by atoms with Crippen LogP contribution in [0.4, 0.5) is 4.39 Å². The predicted molar refractivity (Wildman–Crippen MR) is 96.1 cm³/mol. The minimum Gasteiger partial charge on any atom is -0.349 e. The molecule has 0 aliphatic carbocycles. The Labute approximate surface area is 155 Å². The standard InChI is InChI=1S/C17H16Cl2FNO3S/c1-11(13-9-16(20)15(19)10-14(13)18)21-17(22)7-8-25(23,24)12-5-3-2-4-6-12/h2-6,9-11H,7-8H2,1H3,(H,21,22)/t11-/m0/s1. The molecule has 0 heterocycles. The third-order valence-electron chi connectivity index (χ3n) is 3.58. The maximum atomic E-state index is 13.6. The fourth-order valence-electron chi connectivity index (χ4n) is 2.23. The van der Waals surface area contributed by atoms with Gasteiger partial charge in [-0.15, -0.1) is 0 Å². The first-order chi connectivity index (χ1) is 11.7. The lowest BCUT2D eigenvalue weighted by Gasteiger charge is -2.16. The fourth-order valence-corrected chi connectivity index (χ4v) is 4.04. The average molecular weight is 404 g/mol. The molecule has 0 bridgehead atoms. The zero-order chi connectivity index (χ0) is 18.6. The van der Waals surface area contributed by atoms with E-state index in [0.29, 0.717) is 5.56 Å². The summed E-state index contributed by atoms with van der Waals surface area (Å²) in [6, 6.07) is 9.72. The van der Waals surface area contributed by atoms with Gasteiger partial charge in [0.25, 0.3) is 0 Å². The molecule has 0 aliphatic rings. The third-order valence-corrected chi connectivity index (χ3v) is 5.93. The Hall–Kier alpha value is -1.63. The highest BCUT2D eigenvalue weighted by Crippen LogP contribution is 2.28. The highest BCUT2D eigenvalue weighted by molar-refractivity contribution is 7.91. The molecule has 0 saturated carbocycles. The number of carbonyl (C=O) groups is 1. The Morgan fingerprint density at radius 2 is 1.80 bits per heavy atom. The maximum absolute atomic E-state index is 13.6. The van der Waals surface area contributed by atoms with Crippen LogP contribution in [0.2, 0.25) is 10.0 Å². The molecule has 4 nitrogen and oxygen atoms in total. The molecule has 2 aromatic carbocycles. The van der Waals surface area contributed by atoms with Crippen LogP contribution < -0.4 is 5.32 Å². The lowest BCUT2D eigenvalue weighted by molar-refractivity contribution is -0.121. The number of carbonyl (C=O) groups excluding carboxylic acids is 1. The predicted octanol–water partition coefficient (Wildman–Crippen LogP) is 4.17. The van der Waals surface area contributed by atoms with E-state index in [1.54, 1.807) is 25.1 Å². The first kappa shape index (κ1) is 19.7. The summed E-state index contributed by atoms with van der Waals surface area (Å²) in [5.74, 6) is -1.44. The summed E-state index contributed by atoms with van der Waals surface area (Å²) in [7, 11) is -3.54. The van der Waals surface area contributed by atoms with Crippen LogP contribution in [0.25, 0.3) is 0 Å². The van der Waals surface area contributed by atoms with Crippen LogP contribution >= 0.6 is 23.2 Å². The lowest BCUT2D eigenvalue weighted by Crippen LogP contribution is -2.28. The van der Waals surface area contributed by atoms with Crippen molar-refractivity contribution in [3.63, 3.8) is 0 Å². The van der Waals surface area contributed by atoms with E-state index in [0.717, 1.165) is 6.07 Å². The first-order valence-corrected chi connectivity index (χ1v) is 9.83. The number of benzene rings is 2. The van der Waals surface area contributed by atoms with Crippen molar-refractivity contribution in [1.29, 1.82) is 0 Å². The van der Waals surface area contributed by atoms with Gasteiger partial charge in [0.1, 0.15) is 5.82 Å². The van der Waals surface area contributed by atoms with Gasteiger partial charge >= 0.3 is 0 Å². The van der Waals surface area contributed by atoms with Crippen molar-refractivity contribution in [1.82, 2.24) is 5.32 Å². The summed E-state index contributed by atoms with van der Waals surface area (Å²) in [6.45, 7) is 1.62. The molecule has 0 fully saturated rings. The highest BCUT2D eigenvalue weighted by Gasteiger charge is 2.19. The van der Waals surface area contributed by atoms with Crippen molar-refractivity contribution >= 4 is 38.9 Å². The Bertz CT molecular complexity index is 873. The quantitative estimate of drug-likeness (QED) is 0.735. The molecular formula is C17H16Cl2FNO3S. The number of sulfone groups is 1. The summed E-state index contributed by atoms with van der Waals surface area (Å²) < 4.78 is 37.9. The van der Waals surface area contributed by atoms with Crippen LogP contribution in [-0.4, -0.2) is 20.1 Å². The van der Waals surface area contributed by atoms with Crippen molar-refractivity contribution in [3.8, 4) is 0 Å². The Morgan fingerprint density at radius 3 is 2.44 bits per heavy atom. The van der Waals surface area contributed by atoms with Gasteiger partial charge in [0.05, 0.1) is 21.7 Å². The van der Waals surface area contributed by atoms with Crippen molar-refractivity contribution in [2.24, 2.45) is 0 Å². The summed E-state index contributed by atoms with van der Waals surface area (Å²) in [4.78, 5) is 12.2. The van der Waals surface area contributed by atoms with Crippen LogP contribution in [0.3, 0.4) is 0 Å². The summed E-state index contributed by atoms with van der Waals surface area (Å²) >= 11 is 11.7. The summed E-state index contributed by atoms with van der Waals surface area (Å²) in [6.07, 6.45) is -0.213. The van der Waals surface area contributed by atoms with E-state index in [2.05, 4.69) is 5.32 Å². The number of halogens is 3. The average Bonchev–Trinajstić information content (AvgIpc) is 2.57. The Kier molecular flexibility index (Phi) is 6.43. The molecule has 2 rings (SSSR count). The second kappa shape index (κ2) is 8.17. The molecule has 0 saturated heterocycles. The van der Waals surface area contributed by atoms with Crippen molar-refractivity contribution in [2.45, 2.75) is 24.3 Å². The van der Waals surface area contributed by atoms with E-state index in [-0.39, 0.29) is 27.1 Å². The van der Waals surface area contributed by atoms with Gasteiger partial charge in [0, 0.05) is 11.4 Å². The number of amides is 1. The van der Waals surface area contributed by atoms with Gasteiger partial charge in [0.2, 0.25) is 5.91 Å². The maximum Gasteiger partial charge on any atom is 0.221 e. The number of hydrogen-bond acceptors (Lipinski definition) is 3. The molecule has 25 heavy (non-hydrogen) atoms. The van der Waals surface area contributed by atoms with Gasteiger partial charge in [-0.25, -0.2) is 12.8 Å². The molecule has 1 N–H and O–H groups in total. The molecule has 0 radical (unpaired) electrons. The SMILES string of the molecule is C[C@H](NC(=O)CCS(=O)(=O)c1ccccc1)c1cc(F)c(Cl)cc1Cl. The van der Waals surface area contributed by atoms with E-state index in [1.807, 2.05) is 0 Å². The topological polar surface area (TPSA) is 63.2 Å². The van der Waals surface area contributed by atoms with E-state index < -0.39 is 27.6 Å². The molecule has 0 unspecified atom stereocenters. The summed E-state index contributed by atoms with van der Waals surface area (Å²) in [5, 5.41) is 2.72. The van der Waals surface area contributed by atoms with Crippen LogP contribution in [0, 0.1) is 5.82 Å². The Balaban J connectivity index is 2.00. The fraction of sp³-hybridized carbons (Fsp3) is 0.235. The normalized spacial score (nSPS) is 12.6. The van der Waals surface area contributed by atoms with Crippen LogP contribution in [0.5, 0.6) is 0 Å². The van der Waals surface area contributed by atoms with E-state index in [9.17, 15) is 17.6 Å². The van der Waals surface area contributed by atoms with Crippen molar-refractivity contribution in [3.05, 3.63) is 63.9 Å². The molecule has 8 heteroatoms. The zero-order valence-electron chi connectivity index (χ0n) is 13.3. The van der Waals surface area contributed by atoms with Crippen LogP contribution in [0.15, 0.2) is 47.4 Å². The van der Waals surface area contributed by atoms with Gasteiger partial charge in [-0.05, 0) is 36.8 Å². The van der Waals surface area contributed by atoms with Gasteiger partial charge in [-0.1, -0.05) is 41.4 Å².